The van der Waals surface area contributed by atoms with E-state index in [2.05, 4.69) is 9.88 Å². The molecule has 3 aromatic carbocycles. The van der Waals surface area contributed by atoms with Crippen molar-refractivity contribution in [3.63, 3.8) is 0 Å². The largest absolute Gasteiger partial charge is 0.508 e. The predicted molar refractivity (Wildman–Crippen MR) is 185 cm³/mol. The van der Waals surface area contributed by atoms with Crippen molar-refractivity contribution in [3.05, 3.63) is 111 Å². The monoisotopic (exact) mass is 724 g/mol. The summed E-state index contributed by atoms with van der Waals surface area (Å²) in [5.41, 5.74) is 2.24. The molecule has 4 heterocycles. The van der Waals surface area contributed by atoms with Crippen LogP contribution in [0.5, 0.6) is 17.2 Å². The molecule has 4 aromatic rings. The molecule has 2 atom stereocenters. The second-order valence-electron chi connectivity index (χ2n) is 12.4. The molecule has 0 spiro atoms. The zero-order valence-electron chi connectivity index (χ0n) is 27.5. The highest BCUT2D eigenvalue weighted by Gasteiger charge is 2.37. The third kappa shape index (κ3) is 8.07. The first-order valence-corrected chi connectivity index (χ1v) is 16.9. The van der Waals surface area contributed by atoms with E-state index in [-0.39, 0.29) is 42.0 Å². The molecule has 2 N–H and O–H groups in total. The fraction of sp³-hybridized carbons (Fsp3) is 0.324. The first-order chi connectivity index (χ1) is 24.1. The molecule has 0 aliphatic carbocycles. The average Bonchev–Trinajstić information content (AvgIpc) is 3.11. The number of methoxy groups -OCH3 is 2. The summed E-state index contributed by atoms with van der Waals surface area (Å²) in [5, 5.41) is 10.9. The number of nitrogens with one attached hydrogen (secondary N) is 1. The molecule has 50 heavy (non-hydrogen) atoms. The molecule has 0 radical (unpaired) electrons. The third-order valence-electron chi connectivity index (χ3n) is 9.19. The predicted octanol–water partition coefficient (Wildman–Crippen LogP) is 7.05. The number of hydrogen-bond acceptors (Lipinski definition) is 8. The van der Waals surface area contributed by atoms with Gasteiger partial charge in [0.15, 0.2) is 23.9 Å². The average molecular weight is 726 g/mol. The molecule has 0 unspecified atom stereocenters. The van der Waals surface area contributed by atoms with Crippen LogP contribution >= 0.6 is 23.2 Å². The molecule has 3 fully saturated rings. The van der Waals surface area contributed by atoms with Gasteiger partial charge in [0.2, 0.25) is 0 Å². The summed E-state index contributed by atoms with van der Waals surface area (Å²) in [6.45, 7) is 2.61. The number of aromatic hydroxyl groups is 1. The SMILES string of the molecule is COc1ccc([C@H](Cc2c(Cl)c[nH+]cc2Cl)OC(=O)c2ccc(CN(C(=O)O[C@H]3CN4CCC3CC4)c3cc(O)cc(F)c3)cc2)cc1OC. The number of piperidine rings is 3. The number of aromatic nitrogens is 1. The van der Waals surface area contributed by atoms with E-state index in [1.54, 1.807) is 54.9 Å². The van der Waals surface area contributed by atoms with Gasteiger partial charge in [-0.3, -0.25) is 9.80 Å². The van der Waals surface area contributed by atoms with Crippen molar-refractivity contribution >= 4 is 41.0 Å². The molecule has 1 aromatic heterocycles. The Balaban J connectivity index is 1.22. The lowest BCUT2D eigenvalue weighted by molar-refractivity contribution is -0.377. The van der Waals surface area contributed by atoms with Gasteiger partial charge in [-0.15, -0.1) is 0 Å². The van der Waals surface area contributed by atoms with Crippen LogP contribution in [0.15, 0.2) is 73.1 Å². The maximum Gasteiger partial charge on any atom is 0.414 e. The van der Waals surface area contributed by atoms with Crippen LogP contribution in [-0.2, 0) is 22.4 Å². The molecule has 3 aliphatic heterocycles. The van der Waals surface area contributed by atoms with Gasteiger partial charge < -0.3 is 24.1 Å². The van der Waals surface area contributed by atoms with Crippen molar-refractivity contribution in [3.8, 4) is 17.2 Å². The molecule has 3 saturated heterocycles. The van der Waals surface area contributed by atoms with E-state index < -0.39 is 24.0 Å². The van der Waals surface area contributed by atoms with Gasteiger partial charge in [0, 0.05) is 30.7 Å². The Morgan fingerprint density at radius 3 is 2.30 bits per heavy atom. The summed E-state index contributed by atoms with van der Waals surface area (Å²) in [6, 6.07) is 15.2. The molecule has 2 bridgehead atoms. The number of rotatable bonds is 11. The summed E-state index contributed by atoms with van der Waals surface area (Å²) >= 11 is 12.9. The number of phenolic OH excluding ortho intramolecular Hbond substituents is 1. The van der Waals surface area contributed by atoms with Crippen molar-refractivity contribution in [2.24, 2.45) is 5.92 Å². The number of halogens is 3. The zero-order valence-corrected chi connectivity index (χ0v) is 29.0. The van der Waals surface area contributed by atoms with Crippen LogP contribution in [-0.4, -0.2) is 62.0 Å². The molecule has 10 nitrogen and oxygen atoms in total. The van der Waals surface area contributed by atoms with Gasteiger partial charge in [0.1, 0.15) is 33.8 Å². The van der Waals surface area contributed by atoms with E-state index in [1.807, 2.05) is 0 Å². The molecular formula is C37H37Cl2FN3O7+. The van der Waals surface area contributed by atoms with Crippen LogP contribution < -0.4 is 19.4 Å². The Bertz CT molecular complexity index is 1810. The highest BCUT2D eigenvalue weighted by atomic mass is 35.5. The Labute approximate surface area is 299 Å². The number of ether oxygens (including phenoxy) is 4. The van der Waals surface area contributed by atoms with E-state index >= 15 is 0 Å². The van der Waals surface area contributed by atoms with Gasteiger partial charge in [-0.2, -0.15) is 0 Å². The Hall–Kier alpha value is -4.58. The fourth-order valence-electron chi connectivity index (χ4n) is 6.48. The minimum absolute atomic E-state index is 0.00551. The topological polar surface area (TPSA) is 112 Å². The normalized spacial score (nSPS) is 18.6. The lowest BCUT2D eigenvalue weighted by Crippen LogP contribution is -2.53. The van der Waals surface area contributed by atoms with Gasteiger partial charge in [0.25, 0.3) is 0 Å². The van der Waals surface area contributed by atoms with Crippen molar-refractivity contribution in [2.45, 2.75) is 38.0 Å². The number of hydrogen-bond donors (Lipinski definition) is 1. The number of esters is 1. The van der Waals surface area contributed by atoms with E-state index in [9.17, 15) is 19.1 Å². The maximum absolute atomic E-state index is 14.4. The van der Waals surface area contributed by atoms with Crippen LogP contribution in [0.25, 0.3) is 0 Å². The molecule has 262 valence electrons. The number of fused-ring (bicyclic) bond motifs is 3. The van der Waals surface area contributed by atoms with Gasteiger partial charge in [0.05, 0.1) is 32.0 Å². The summed E-state index contributed by atoms with van der Waals surface area (Å²) in [7, 11) is 3.04. The fourth-order valence-corrected chi connectivity index (χ4v) is 7.01. The molecule has 7 rings (SSSR count). The molecule has 0 saturated carbocycles. The second kappa shape index (κ2) is 15.5. The number of benzene rings is 3. The van der Waals surface area contributed by atoms with E-state index in [0.29, 0.717) is 44.8 Å². The molecule has 1 amide bonds. The summed E-state index contributed by atoms with van der Waals surface area (Å²) < 4.78 is 37.3. The van der Waals surface area contributed by atoms with Crippen LogP contribution in [0, 0.1) is 11.7 Å². The van der Waals surface area contributed by atoms with Crippen molar-refractivity contribution in [1.29, 1.82) is 0 Å². The Kier molecular flexibility index (Phi) is 11.0. The number of aromatic amines is 1. The quantitative estimate of drug-likeness (QED) is 0.164. The minimum atomic E-state index is -0.809. The first kappa shape index (κ1) is 35.3. The van der Waals surface area contributed by atoms with E-state index in [1.165, 1.54) is 31.3 Å². The van der Waals surface area contributed by atoms with Crippen molar-refractivity contribution in [2.75, 3.05) is 38.8 Å². The van der Waals surface area contributed by atoms with Gasteiger partial charge in [-0.25, -0.2) is 19.0 Å². The maximum atomic E-state index is 14.4. The molecule has 13 heteroatoms. The number of nitrogens with zero attached hydrogens (tertiary/aromatic N) is 2. The van der Waals surface area contributed by atoms with Crippen LogP contribution in [0.1, 0.15) is 46.0 Å². The summed E-state index contributed by atoms with van der Waals surface area (Å²) in [4.78, 5) is 33.6. The second-order valence-corrected chi connectivity index (χ2v) is 13.2. The number of anilines is 1. The molecule has 3 aliphatic rings. The number of H-pyrrole nitrogens is 1. The smallest absolute Gasteiger partial charge is 0.414 e. The third-order valence-corrected chi connectivity index (χ3v) is 9.87. The minimum Gasteiger partial charge on any atom is -0.508 e. The van der Waals surface area contributed by atoms with Crippen LogP contribution in [0.3, 0.4) is 0 Å². The standard InChI is InChI=1S/C37H36Cl2FN3O7/c1-47-32-8-7-25(13-34(32)48-2)33(17-29-30(38)18-41-19-31(29)39)49-36(45)24-5-3-22(4-6-24)20-43(27-14-26(40)15-28(44)16-27)37(46)50-35-21-42-11-9-23(35)10-12-42/h3-8,13-16,18-19,23,33,35,44H,9-12,17,20-21H2,1-2H3/p+1/t33-,35-/m0/s1. The number of amides is 1. The first-order valence-electron chi connectivity index (χ1n) is 16.2. The zero-order chi connectivity index (χ0) is 35.4. The number of carbonyl (C=O) groups is 2. The highest BCUT2D eigenvalue weighted by Crippen LogP contribution is 2.36. The Morgan fingerprint density at radius 1 is 0.980 bits per heavy atom. The number of pyridine rings is 1. The van der Waals surface area contributed by atoms with Gasteiger partial charge >= 0.3 is 12.1 Å². The van der Waals surface area contributed by atoms with Crippen molar-refractivity contribution < 1.29 is 43.0 Å². The lowest BCUT2D eigenvalue weighted by atomic mass is 9.86. The van der Waals surface area contributed by atoms with Gasteiger partial charge in [-0.05, 0) is 73.3 Å². The van der Waals surface area contributed by atoms with Crippen LogP contribution in [0.4, 0.5) is 14.9 Å². The lowest BCUT2D eigenvalue weighted by Gasteiger charge is -2.44. The summed E-state index contributed by atoms with van der Waals surface area (Å²) in [6.07, 6.45) is 3.53. The van der Waals surface area contributed by atoms with E-state index in [4.69, 9.17) is 42.1 Å². The Morgan fingerprint density at radius 2 is 1.68 bits per heavy atom. The highest BCUT2D eigenvalue weighted by molar-refractivity contribution is 6.35. The number of carbonyl (C=O) groups excluding carboxylic acids is 2. The summed E-state index contributed by atoms with van der Waals surface area (Å²) in [5.74, 6) is -0.389. The van der Waals surface area contributed by atoms with Crippen LogP contribution in [0.2, 0.25) is 10.0 Å². The van der Waals surface area contributed by atoms with E-state index in [0.717, 1.165) is 32.0 Å². The number of phenols is 1. The molecular weight excluding hydrogens is 688 g/mol. The van der Waals surface area contributed by atoms with Crippen molar-refractivity contribution in [1.82, 2.24) is 4.90 Å². The van der Waals surface area contributed by atoms with Gasteiger partial charge in [-0.1, -0.05) is 41.4 Å².